The molecular weight excluding hydrogens is 293 g/mol. The Morgan fingerprint density at radius 3 is 2.70 bits per heavy atom. The van der Waals surface area contributed by atoms with Gasteiger partial charge in [-0.05, 0) is 43.4 Å². The molecule has 1 aromatic carbocycles. The van der Waals surface area contributed by atoms with E-state index in [4.69, 9.17) is 0 Å². The van der Waals surface area contributed by atoms with Crippen LogP contribution < -0.4 is 10.6 Å². The first-order valence-electron chi connectivity index (χ1n) is 8.43. The van der Waals surface area contributed by atoms with E-state index in [1.165, 1.54) is 18.6 Å². The highest BCUT2D eigenvalue weighted by Gasteiger charge is 2.23. The van der Waals surface area contributed by atoms with Gasteiger partial charge in [-0.2, -0.15) is 0 Å². The van der Waals surface area contributed by atoms with Gasteiger partial charge in [0.05, 0.1) is 6.54 Å². The molecule has 2 N–H and O–H groups in total. The van der Waals surface area contributed by atoms with E-state index in [1.54, 1.807) is 12.1 Å². The maximum absolute atomic E-state index is 13.1. The van der Waals surface area contributed by atoms with E-state index in [-0.39, 0.29) is 24.3 Å². The number of benzene rings is 1. The van der Waals surface area contributed by atoms with E-state index in [0.29, 0.717) is 5.69 Å². The summed E-state index contributed by atoms with van der Waals surface area (Å²) in [7, 11) is 0. The van der Waals surface area contributed by atoms with Crippen molar-refractivity contribution in [2.24, 2.45) is 11.8 Å². The van der Waals surface area contributed by atoms with Gasteiger partial charge in [-0.1, -0.05) is 19.9 Å². The van der Waals surface area contributed by atoms with Gasteiger partial charge >= 0.3 is 0 Å². The molecule has 1 aliphatic rings. The van der Waals surface area contributed by atoms with Crippen molar-refractivity contribution in [1.29, 1.82) is 0 Å². The second-order valence-electron chi connectivity index (χ2n) is 7.00. The van der Waals surface area contributed by atoms with E-state index >= 15 is 0 Å². The monoisotopic (exact) mass is 321 g/mol. The third-order valence-electron chi connectivity index (χ3n) is 4.16. The highest BCUT2D eigenvalue weighted by molar-refractivity contribution is 5.80. The molecule has 0 unspecified atom stereocenters. The van der Waals surface area contributed by atoms with Crippen molar-refractivity contribution in [3.8, 4) is 0 Å². The van der Waals surface area contributed by atoms with Crippen LogP contribution in [0, 0.1) is 17.7 Å². The Labute approximate surface area is 138 Å². The van der Waals surface area contributed by atoms with Crippen molar-refractivity contribution in [3.05, 3.63) is 30.1 Å². The van der Waals surface area contributed by atoms with Crippen molar-refractivity contribution in [1.82, 2.24) is 10.2 Å². The molecule has 0 aromatic heterocycles. The van der Waals surface area contributed by atoms with Crippen LogP contribution in [0.5, 0.6) is 0 Å². The summed E-state index contributed by atoms with van der Waals surface area (Å²) < 4.78 is 13.1. The Morgan fingerprint density at radius 2 is 2.04 bits per heavy atom. The Hall–Kier alpha value is -1.62. The molecule has 1 amide bonds. The van der Waals surface area contributed by atoms with E-state index < -0.39 is 0 Å². The van der Waals surface area contributed by atoms with Crippen molar-refractivity contribution < 1.29 is 9.18 Å². The van der Waals surface area contributed by atoms with Crippen LogP contribution in [-0.2, 0) is 4.79 Å². The first kappa shape index (κ1) is 17.7. The molecule has 0 bridgehead atoms. The standard InChI is InChI=1S/C18H28FN3O/c1-13-7-14(2)11-22(10-13)12-15(3)21-18(23)9-20-17-6-4-5-16(19)8-17/h4-6,8,13-15,20H,7,9-12H2,1-3H3,(H,21,23)/t13-,14+,15-/m0/s1. The van der Waals surface area contributed by atoms with Crippen molar-refractivity contribution in [3.63, 3.8) is 0 Å². The summed E-state index contributed by atoms with van der Waals surface area (Å²) in [5.41, 5.74) is 0.617. The molecule has 1 heterocycles. The van der Waals surface area contributed by atoms with Gasteiger partial charge in [0.15, 0.2) is 0 Å². The maximum Gasteiger partial charge on any atom is 0.239 e. The highest BCUT2D eigenvalue weighted by Crippen LogP contribution is 2.20. The summed E-state index contributed by atoms with van der Waals surface area (Å²) in [5.74, 6) is 1.06. The lowest BCUT2D eigenvalue weighted by Crippen LogP contribution is -2.47. The fraction of sp³-hybridized carbons (Fsp3) is 0.611. The summed E-state index contributed by atoms with van der Waals surface area (Å²) >= 11 is 0. The molecule has 0 aliphatic carbocycles. The van der Waals surface area contributed by atoms with Gasteiger partial charge in [-0.15, -0.1) is 0 Å². The molecule has 2 rings (SSSR count). The third kappa shape index (κ3) is 6.18. The third-order valence-corrected chi connectivity index (χ3v) is 4.16. The van der Waals surface area contributed by atoms with Gasteiger partial charge in [0, 0.05) is 31.4 Å². The molecule has 5 heteroatoms. The van der Waals surface area contributed by atoms with Crippen molar-refractivity contribution >= 4 is 11.6 Å². The minimum absolute atomic E-state index is 0.0696. The van der Waals surface area contributed by atoms with Gasteiger partial charge < -0.3 is 15.5 Å². The van der Waals surface area contributed by atoms with Crippen LogP contribution in [0.1, 0.15) is 27.2 Å². The molecule has 0 spiro atoms. The van der Waals surface area contributed by atoms with Crippen LogP contribution in [0.2, 0.25) is 0 Å². The van der Waals surface area contributed by atoms with Gasteiger partial charge in [0.2, 0.25) is 5.91 Å². The van der Waals surface area contributed by atoms with Crippen LogP contribution in [-0.4, -0.2) is 43.0 Å². The molecule has 128 valence electrons. The molecule has 0 radical (unpaired) electrons. The number of halogens is 1. The predicted octanol–water partition coefficient (Wildman–Crippen LogP) is 2.72. The highest BCUT2D eigenvalue weighted by atomic mass is 19.1. The Morgan fingerprint density at radius 1 is 1.35 bits per heavy atom. The molecule has 0 saturated carbocycles. The minimum atomic E-state index is -0.308. The molecule has 23 heavy (non-hydrogen) atoms. The number of anilines is 1. The lowest BCUT2D eigenvalue weighted by atomic mass is 9.92. The number of carbonyl (C=O) groups is 1. The maximum atomic E-state index is 13.1. The number of likely N-dealkylation sites (tertiary alicyclic amines) is 1. The molecule has 4 nitrogen and oxygen atoms in total. The fourth-order valence-electron chi connectivity index (χ4n) is 3.48. The first-order valence-corrected chi connectivity index (χ1v) is 8.43. The summed E-state index contributed by atoms with van der Waals surface area (Å²) in [6, 6.07) is 6.24. The minimum Gasteiger partial charge on any atom is -0.376 e. The van der Waals surface area contributed by atoms with Crippen LogP contribution in [0.25, 0.3) is 0 Å². The SMILES string of the molecule is C[C@@H]1C[C@H](C)CN(C[C@H](C)NC(=O)CNc2cccc(F)c2)C1. The fourth-order valence-corrected chi connectivity index (χ4v) is 3.48. The zero-order valence-electron chi connectivity index (χ0n) is 14.3. The topological polar surface area (TPSA) is 44.4 Å². The lowest BCUT2D eigenvalue weighted by Gasteiger charge is -2.36. The number of amides is 1. The van der Waals surface area contributed by atoms with Crippen molar-refractivity contribution in [2.75, 3.05) is 31.5 Å². The van der Waals surface area contributed by atoms with Crippen LogP contribution in [0.4, 0.5) is 10.1 Å². The second-order valence-corrected chi connectivity index (χ2v) is 7.00. The molecule has 1 aliphatic heterocycles. The quantitative estimate of drug-likeness (QED) is 0.847. The molecule has 1 aromatic rings. The number of piperidine rings is 1. The van der Waals surface area contributed by atoms with Crippen molar-refractivity contribution in [2.45, 2.75) is 33.2 Å². The van der Waals surface area contributed by atoms with E-state index in [2.05, 4.69) is 29.4 Å². The molecule has 3 atom stereocenters. The number of hydrogen-bond donors (Lipinski definition) is 2. The number of nitrogens with zero attached hydrogens (tertiary/aromatic N) is 1. The van der Waals surface area contributed by atoms with Gasteiger partial charge in [0.25, 0.3) is 0 Å². The van der Waals surface area contributed by atoms with Crippen LogP contribution in [0.3, 0.4) is 0 Å². The van der Waals surface area contributed by atoms with Crippen LogP contribution >= 0.6 is 0 Å². The van der Waals surface area contributed by atoms with Gasteiger partial charge in [0.1, 0.15) is 5.82 Å². The number of rotatable bonds is 6. The summed E-state index contributed by atoms with van der Waals surface area (Å²) in [5, 5.41) is 5.95. The average molecular weight is 321 g/mol. The Balaban J connectivity index is 1.72. The van der Waals surface area contributed by atoms with Gasteiger partial charge in [-0.3, -0.25) is 4.79 Å². The summed E-state index contributed by atoms with van der Waals surface area (Å²) in [6.45, 7) is 9.84. The second kappa shape index (κ2) is 8.29. The normalized spacial score (nSPS) is 23.3. The zero-order valence-corrected chi connectivity index (χ0v) is 14.3. The lowest BCUT2D eigenvalue weighted by molar-refractivity contribution is -0.120. The van der Waals surface area contributed by atoms with E-state index in [9.17, 15) is 9.18 Å². The first-order chi connectivity index (χ1) is 10.9. The molecule has 1 fully saturated rings. The number of carbonyl (C=O) groups excluding carboxylic acids is 1. The Kier molecular flexibility index (Phi) is 6.39. The largest absolute Gasteiger partial charge is 0.376 e. The zero-order chi connectivity index (χ0) is 16.8. The average Bonchev–Trinajstić information content (AvgIpc) is 2.44. The van der Waals surface area contributed by atoms with E-state index in [0.717, 1.165) is 31.5 Å². The number of hydrogen-bond acceptors (Lipinski definition) is 3. The predicted molar refractivity (Wildman–Crippen MR) is 91.9 cm³/mol. The summed E-state index contributed by atoms with van der Waals surface area (Å²) in [4.78, 5) is 14.4. The van der Waals surface area contributed by atoms with Gasteiger partial charge in [-0.25, -0.2) is 4.39 Å². The van der Waals surface area contributed by atoms with E-state index in [1.807, 2.05) is 6.92 Å². The Bertz CT molecular complexity index is 513. The number of nitrogens with one attached hydrogen (secondary N) is 2. The summed E-state index contributed by atoms with van der Waals surface area (Å²) in [6.07, 6.45) is 1.29. The smallest absolute Gasteiger partial charge is 0.239 e. The van der Waals surface area contributed by atoms with Crippen LogP contribution in [0.15, 0.2) is 24.3 Å². The molecule has 1 saturated heterocycles. The molecular formula is C18H28FN3O.